The van der Waals surface area contributed by atoms with Crippen LogP contribution in [0.4, 0.5) is 0 Å². The molecule has 0 amide bonds. The largest absolute Gasteiger partial charge is 0.504 e. The number of aromatic carboxylic acids is 1. The summed E-state index contributed by atoms with van der Waals surface area (Å²) in [6, 6.07) is 6.99. The van der Waals surface area contributed by atoms with E-state index in [9.17, 15) is 43.0 Å². The Kier molecular flexibility index (Phi) is 4.38. The predicted molar refractivity (Wildman–Crippen MR) is 106 cm³/mol. The fourth-order valence-electron chi connectivity index (χ4n) is 3.30. The van der Waals surface area contributed by atoms with E-state index in [2.05, 4.69) is 0 Å². The van der Waals surface area contributed by atoms with E-state index in [0.29, 0.717) is 0 Å². The van der Waals surface area contributed by atoms with Crippen LogP contribution in [0.15, 0.2) is 56.6 Å². The van der Waals surface area contributed by atoms with Crippen molar-refractivity contribution < 1.29 is 42.6 Å². The van der Waals surface area contributed by atoms with Gasteiger partial charge in [-0.3, -0.25) is 9.35 Å². The van der Waals surface area contributed by atoms with E-state index in [1.54, 1.807) is 0 Å². The maximum atomic E-state index is 11.9. The zero-order chi connectivity index (χ0) is 22.7. The second kappa shape index (κ2) is 6.72. The van der Waals surface area contributed by atoms with E-state index in [1.807, 2.05) is 0 Å². The molecule has 1 heterocycles. The average Bonchev–Trinajstić information content (AvgIpc) is 2.68. The van der Waals surface area contributed by atoms with Gasteiger partial charge in [0.2, 0.25) is 5.43 Å². The van der Waals surface area contributed by atoms with Gasteiger partial charge < -0.3 is 24.8 Å². The number of benzene rings is 3. The molecule has 2 aromatic rings. The maximum Gasteiger partial charge on any atom is 0.336 e. The fraction of sp³-hybridized carbons (Fsp3) is 0. The molecule has 0 spiro atoms. The molecule has 0 radical (unpaired) electrons. The number of aromatic hydroxyl groups is 3. The molecule has 31 heavy (non-hydrogen) atoms. The van der Waals surface area contributed by atoms with Gasteiger partial charge in [-0.25, -0.2) is 4.79 Å². The predicted octanol–water partition coefficient (Wildman–Crippen LogP) is 2.63. The molecule has 0 unspecified atom stereocenters. The van der Waals surface area contributed by atoms with Gasteiger partial charge in [0.15, 0.2) is 17.2 Å². The van der Waals surface area contributed by atoms with Crippen LogP contribution in [0.3, 0.4) is 0 Å². The Hall–Kier alpha value is -4.09. The molecule has 10 nitrogen and oxygen atoms in total. The van der Waals surface area contributed by atoms with Crippen molar-refractivity contribution in [1.82, 2.24) is 0 Å². The van der Waals surface area contributed by atoms with Crippen molar-refractivity contribution in [3.63, 3.8) is 0 Å². The molecule has 0 saturated heterocycles. The van der Waals surface area contributed by atoms with Crippen LogP contribution in [0.25, 0.3) is 33.4 Å². The van der Waals surface area contributed by atoms with Crippen molar-refractivity contribution in [1.29, 1.82) is 0 Å². The highest BCUT2D eigenvalue weighted by Crippen LogP contribution is 2.45. The molecule has 11 heteroatoms. The minimum Gasteiger partial charge on any atom is -0.504 e. The molecule has 4 rings (SSSR count). The number of hydrogen-bond acceptors (Lipinski definition) is 8. The number of carboxylic acids is 1. The molecule has 0 saturated carbocycles. The number of phenols is 3. The first-order valence-corrected chi connectivity index (χ1v) is 9.92. The van der Waals surface area contributed by atoms with Crippen LogP contribution in [0.1, 0.15) is 10.4 Å². The fourth-order valence-corrected chi connectivity index (χ4v) is 3.81. The minimum absolute atomic E-state index is 0.0296. The Morgan fingerprint density at radius 2 is 1.55 bits per heavy atom. The number of carbonyl (C=O) groups is 1. The Morgan fingerprint density at radius 3 is 2.19 bits per heavy atom. The van der Waals surface area contributed by atoms with Gasteiger partial charge in [0, 0.05) is 28.6 Å². The lowest BCUT2D eigenvalue weighted by atomic mass is 9.90. The second-order valence-electron chi connectivity index (χ2n) is 6.62. The van der Waals surface area contributed by atoms with E-state index in [4.69, 9.17) is 4.42 Å². The van der Waals surface area contributed by atoms with Gasteiger partial charge in [-0.05, 0) is 29.8 Å². The van der Waals surface area contributed by atoms with Crippen LogP contribution in [0.2, 0.25) is 0 Å². The first-order chi connectivity index (χ1) is 14.5. The van der Waals surface area contributed by atoms with Crippen LogP contribution < -0.4 is 5.43 Å². The molecular weight excluding hydrogens is 432 g/mol. The molecule has 0 fully saturated rings. The van der Waals surface area contributed by atoms with Crippen molar-refractivity contribution in [2.45, 2.75) is 4.90 Å². The lowest BCUT2D eigenvalue weighted by Crippen LogP contribution is -2.06. The first-order valence-electron chi connectivity index (χ1n) is 8.48. The molecule has 2 aliphatic rings. The van der Waals surface area contributed by atoms with Crippen LogP contribution in [0, 0.1) is 0 Å². The van der Waals surface area contributed by atoms with E-state index in [1.165, 1.54) is 0 Å². The summed E-state index contributed by atoms with van der Waals surface area (Å²) in [5.74, 6) is -3.35. The topological polar surface area (TPSA) is 183 Å². The Bertz CT molecular complexity index is 1530. The Labute approximate surface area is 173 Å². The van der Waals surface area contributed by atoms with E-state index in [-0.39, 0.29) is 33.4 Å². The molecule has 5 N–H and O–H groups in total. The smallest absolute Gasteiger partial charge is 0.336 e. The highest BCUT2D eigenvalue weighted by Gasteiger charge is 2.25. The van der Waals surface area contributed by atoms with Gasteiger partial charge in [-0.2, -0.15) is 8.42 Å². The summed E-state index contributed by atoms with van der Waals surface area (Å²) in [6.45, 7) is 0. The Morgan fingerprint density at radius 1 is 0.871 bits per heavy atom. The highest BCUT2D eigenvalue weighted by molar-refractivity contribution is 7.85. The number of rotatable bonds is 3. The molecular formula is C20H12O10S. The second-order valence-corrected chi connectivity index (χ2v) is 8.04. The van der Waals surface area contributed by atoms with Gasteiger partial charge in [0.1, 0.15) is 11.3 Å². The summed E-state index contributed by atoms with van der Waals surface area (Å²) in [5.41, 5.74) is -1.24. The third-order valence-electron chi connectivity index (χ3n) is 4.69. The number of hydrogen-bond donors (Lipinski definition) is 5. The van der Waals surface area contributed by atoms with Crippen molar-refractivity contribution in [3.8, 4) is 39.7 Å². The normalized spacial score (nSPS) is 11.8. The third-order valence-corrected chi connectivity index (χ3v) is 5.53. The zero-order valence-electron chi connectivity index (χ0n) is 15.2. The Balaban J connectivity index is 2.23. The molecule has 158 valence electrons. The van der Waals surface area contributed by atoms with E-state index in [0.717, 1.165) is 42.5 Å². The quantitative estimate of drug-likeness (QED) is 0.179. The first kappa shape index (κ1) is 20.2. The average molecular weight is 444 g/mol. The van der Waals surface area contributed by atoms with Gasteiger partial charge in [0.25, 0.3) is 10.1 Å². The number of carboxylic acid groups (broad SMARTS) is 1. The van der Waals surface area contributed by atoms with Crippen LogP contribution in [-0.4, -0.2) is 39.4 Å². The molecule has 0 aromatic heterocycles. The molecule has 1 aliphatic carbocycles. The summed E-state index contributed by atoms with van der Waals surface area (Å²) >= 11 is 0. The lowest BCUT2D eigenvalue weighted by Gasteiger charge is -2.17. The summed E-state index contributed by atoms with van der Waals surface area (Å²) in [6.07, 6.45) is 0. The van der Waals surface area contributed by atoms with Crippen molar-refractivity contribution in [3.05, 3.63) is 58.3 Å². The molecule has 0 bridgehead atoms. The van der Waals surface area contributed by atoms with E-state index < -0.39 is 49.2 Å². The van der Waals surface area contributed by atoms with Crippen molar-refractivity contribution >= 4 is 27.1 Å². The minimum atomic E-state index is -4.70. The van der Waals surface area contributed by atoms with Crippen LogP contribution in [0.5, 0.6) is 17.2 Å². The van der Waals surface area contributed by atoms with E-state index >= 15 is 0 Å². The molecule has 0 atom stereocenters. The van der Waals surface area contributed by atoms with Crippen LogP contribution in [-0.2, 0) is 10.1 Å². The number of phenolic OH excluding ortho intramolecular Hbond substituents is 3. The lowest BCUT2D eigenvalue weighted by molar-refractivity contribution is 0.0697. The van der Waals surface area contributed by atoms with Crippen molar-refractivity contribution in [2.24, 2.45) is 0 Å². The van der Waals surface area contributed by atoms with Gasteiger partial charge in [0.05, 0.1) is 10.5 Å². The van der Waals surface area contributed by atoms with Crippen molar-refractivity contribution in [2.75, 3.05) is 0 Å². The third kappa shape index (κ3) is 3.31. The molecule has 1 aliphatic heterocycles. The maximum absolute atomic E-state index is 11.9. The standard InChI is InChI=1S/C20H12O10S/c21-13-4-11-17(6-15(13)23)30-18-7-16(24)14(22)5-12(18)19(11)9-2-1-8(31(27,28)29)3-10(9)20(25)26/h1-7,21-23H,(H,25,26)(H,27,28,29). The highest BCUT2D eigenvalue weighted by atomic mass is 32.2. The number of fused-ring (bicyclic) bond motifs is 2. The van der Waals surface area contributed by atoms with Gasteiger partial charge in [-0.15, -0.1) is 0 Å². The van der Waals surface area contributed by atoms with Gasteiger partial charge >= 0.3 is 5.97 Å². The summed E-state index contributed by atoms with van der Waals surface area (Å²) in [4.78, 5) is 23.1. The summed E-state index contributed by atoms with van der Waals surface area (Å²) in [5, 5.41) is 39.5. The SMILES string of the molecule is O=C(O)c1cc(S(=O)(=O)O)ccc1-c1c2cc(O)c(=O)cc-2oc2cc(O)c(O)cc12. The monoisotopic (exact) mass is 444 g/mol. The molecule has 2 aromatic carbocycles. The summed E-state index contributed by atoms with van der Waals surface area (Å²) < 4.78 is 37.8. The van der Waals surface area contributed by atoms with Gasteiger partial charge in [-0.1, -0.05) is 6.07 Å². The van der Waals surface area contributed by atoms with Crippen LogP contribution >= 0.6 is 0 Å². The zero-order valence-corrected chi connectivity index (χ0v) is 16.0. The summed E-state index contributed by atoms with van der Waals surface area (Å²) in [7, 11) is -4.70.